The summed E-state index contributed by atoms with van der Waals surface area (Å²) in [6.45, 7) is 7.00. The lowest BCUT2D eigenvalue weighted by atomic mass is 10.0. The molecular weight excluding hydrogens is 272 g/mol. The monoisotopic (exact) mass is 294 g/mol. The Hall–Kier alpha value is -2.11. The Morgan fingerprint density at radius 2 is 2.00 bits per heavy atom. The standard InChI is InChI=1S/C15H22N2O4/c1-5-11(15(20)21)16-13(18)12(9(2)3)17-8-6-7-10(4)14(17)19/h6-9,11-12H,5H2,1-4H3,(H,16,18)(H,20,21). The minimum Gasteiger partial charge on any atom is -0.480 e. The van der Waals surface area contributed by atoms with Crippen molar-refractivity contribution in [1.82, 2.24) is 9.88 Å². The third-order valence-corrected chi connectivity index (χ3v) is 3.39. The number of pyridine rings is 1. The molecular formula is C15H22N2O4. The second-order valence-corrected chi connectivity index (χ2v) is 5.40. The topological polar surface area (TPSA) is 88.4 Å². The first-order valence-electron chi connectivity index (χ1n) is 7.00. The lowest BCUT2D eigenvalue weighted by Crippen LogP contribution is -2.46. The summed E-state index contributed by atoms with van der Waals surface area (Å²) in [5.74, 6) is -1.67. The molecule has 0 bridgehead atoms. The number of hydrogen-bond acceptors (Lipinski definition) is 3. The number of carbonyl (C=O) groups is 2. The van der Waals surface area contributed by atoms with E-state index in [-0.39, 0.29) is 17.9 Å². The van der Waals surface area contributed by atoms with Crippen molar-refractivity contribution >= 4 is 11.9 Å². The van der Waals surface area contributed by atoms with Crippen LogP contribution in [0, 0.1) is 12.8 Å². The number of nitrogens with zero attached hydrogens (tertiary/aromatic N) is 1. The molecule has 0 aliphatic carbocycles. The van der Waals surface area contributed by atoms with Gasteiger partial charge in [0.15, 0.2) is 0 Å². The highest BCUT2D eigenvalue weighted by molar-refractivity contribution is 5.86. The first kappa shape index (κ1) is 16.9. The maximum absolute atomic E-state index is 12.4. The Balaban J connectivity index is 3.13. The van der Waals surface area contributed by atoms with Crippen molar-refractivity contribution in [2.24, 2.45) is 5.92 Å². The van der Waals surface area contributed by atoms with Crippen LogP contribution in [0.25, 0.3) is 0 Å². The van der Waals surface area contributed by atoms with Crippen molar-refractivity contribution in [3.05, 3.63) is 34.2 Å². The summed E-state index contributed by atoms with van der Waals surface area (Å²) in [4.78, 5) is 35.6. The number of rotatable bonds is 6. The van der Waals surface area contributed by atoms with Crippen LogP contribution in [0.1, 0.15) is 38.8 Å². The van der Waals surface area contributed by atoms with Crippen LogP contribution in [-0.4, -0.2) is 27.6 Å². The number of amides is 1. The van der Waals surface area contributed by atoms with Gasteiger partial charge >= 0.3 is 5.97 Å². The normalized spacial score (nSPS) is 13.8. The molecule has 0 radical (unpaired) electrons. The minimum absolute atomic E-state index is 0.143. The second-order valence-electron chi connectivity index (χ2n) is 5.40. The van der Waals surface area contributed by atoms with Crippen LogP contribution < -0.4 is 10.9 Å². The van der Waals surface area contributed by atoms with Crippen LogP contribution >= 0.6 is 0 Å². The van der Waals surface area contributed by atoms with Gasteiger partial charge in [-0.25, -0.2) is 4.79 Å². The maximum atomic E-state index is 12.4. The maximum Gasteiger partial charge on any atom is 0.326 e. The van der Waals surface area contributed by atoms with E-state index < -0.39 is 24.0 Å². The molecule has 0 saturated heterocycles. The summed E-state index contributed by atoms with van der Waals surface area (Å²) in [6, 6.07) is 1.71. The average molecular weight is 294 g/mol. The van der Waals surface area contributed by atoms with Gasteiger partial charge < -0.3 is 15.0 Å². The van der Waals surface area contributed by atoms with Crippen molar-refractivity contribution < 1.29 is 14.7 Å². The number of aryl methyl sites for hydroxylation is 1. The molecule has 1 amide bonds. The molecule has 2 atom stereocenters. The fourth-order valence-electron chi connectivity index (χ4n) is 2.19. The molecule has 0 aromatic carbocycles. The molecule has 1 aromatic rings. The number of nitrogens with one attached hydrogen (secondary N) is 1. The summed E-state index contributed by atoms with van der Waals surface area (Å²) >= 11 is 0. The largest absolute Gasteiger partial charge is 0.480 e. The van der Waals surface area contributed by atoms with E-state index in [2.05, 4.69) is 5.32 Å². The zero-order valence-corrected chi connectivity index (χ0v) is 12.8. The van der Waals surface area contributed by atoms with E-state index >= 15 is 0 Å². The molecule has 2 unspecified atom stereocenters. The van der Waals surface area contributed by atoms with Gasteiger partial charge in [-0.2, -0.15) is 0 Å². The molecule has 0 aliphatic heterocycles. The van der Waals surface area contributed by atoms with Crippen molar-refractivity contribution in [2.75, 3.05) is 0 Å². The van der Waals surface area contributed by atoms with Gasteiger partial charge in [0, 0.05) is 11.8 Å². The van der Waals surface area contributed by atoms with Crippen molar-refractivity contribution in [1.29, 1.82) is 0 Å². The molecule has 1 rings (SSSR count). The molecule has 1 heterocycles. The van der Waals surface area contributed by atoms with Crippen molar-refractivity contribution in [3.8, 4) is 0 Å². The minimum atomic E-state index is -1.08. The first-order valence-corrected chi connectivity index (χ1v) is 7.00. The molecule has 0 aliphatic rings. The van der Waals surface area contributed by atoms with Gasteiger partial charge in [-0.15, -0.1) is 0 Å². The van der Waals surface area contributed by atoms with E-state index in [4.69, 9.17) is 5.11 Å². The molecule has 1 aromatic heterocycles. The van der Waals surface area contributed by atoms with Gasteiger partial charge in [-0.1, -0.05) is 26.8 Å². The van der Waals surface area contributed by atoms with Gasteiger partial charge in [0.2, 0.25) is 5.91 Å². The van der Waals surface area contributed by atoms with Crippen LogP contribution in [0.2, 0.25) is 0 Å². The Morgan fingerprint density at radius 1 is 1.38 bits per heavy atom. The van der Waals surface area contributed by atoms with Gasteiger partial charge in [-0.3, -0.25) is 9.59 Å². The van der Waals surface area contributed by atoms with Crippen LogP contribution in [0.4, 0.5) is 0 Å². The highest BCUT2D eigenvalue weighted by atomic mass is 16.4. The Morgan fingerprint density at radius 3 is 2.48 bits per heavy atom. The summed E-state index contributed by atoms with van der Waals surface area (Å²) in [5, 5.41) is 11.5. The van der Waals surface area contributed by atoms with E-state index in [0.717, 1.165) is 0 Å². The number of carbonyl (C=O) groups excluding carboxylic acids is 1. The lowest BCUT2D eigenvalue weighted by molar-refractivity contribution is -0.142. The quantitative estimate of drug-likeness (QED) is 0.828. The summed E-state index contributed by atoms with van der Waals surface area (Å²) in [7, 11) is 0. The zero-order chi connectivity index (χ0) is 16.2. The number of aliphatic carboxylic acids is 1. The van der Waals surface area contributed by atoms with Crippen LogP contribution in [-0.2, 0) is 9.59 Å². The molecule has 0 saturated carbocycles. The van der Waals surface area contributed by atoms with Crippen molar-refractivity contribution in [2.45, 2.75) is 46.2 Å². The van der Waals surface area contributed by atoms with E-state index in [1.54, 1.807) is 32.2 Å². The van der Waals surface area contributed by atoms with Crippen molar-refractivity contribution in [3.63, 3.8) is 0 Å². The third-order valence-electron chi connectivity index (χ3n) is 3.39. The van der Waals surface area contributed by atoms with Crippen LogP contribution in [0.5, 0.6) is 0 Å². The smallest absolute Gasteiger partial charge is 0.326 e. The van der Waals surface area contributed by atoms with E-state index in [1.165, 1.54) is 4.57 Å². The Kier molecular flexibility index (Phi) is 5.69. The highest BCUT2D eigenvalue weighted by Crippen LogP contribution is 2.16. The van der Waals surface area contributed by atoms with Crippen LogP contribution in [0.15, 0.2) is 23.1 Å². The molecule has 0 fully saturated rings. The Labute approximate surface area is 123 Å². The fraction of sp³-hybridized carbons (Fsp3) is 0.533. The van der Waals surface area contributed by atoms with Gasteiger partial charge in [-0.05, 0) is 25.3 Å². The highest BCUT2D eigenvalue weighted by Gasteiger charge is 2.28. The third kappa shape index (κ3) is 3.93. The molecule has 6 heteroatoms. The molecule has 6 nitrogen and oxygen atoms in total. The molecule has 21 heavy (non-hydrogen) atoms. The lowest BCUT2D eigenvalue weighted by Gasteiger charge is -2.24. The zero-order valence-electron chi connectivity index (χ0n) is 12.8. The summed E-state index contributed by atoms with van der Waals surface area (Å²) < 4.78 is 1.36. The second kappa shape index (κ2) is 7.06. The van der Waals surface area contributed by atoms with Gasteiger partial charge in [0.1, 0.15) is 12.1 Å². The Bertz CT molecular complexity index is 577. The molecule has 0 spiro atoms. The SMILES string of the molecule is CCC(NC(=O)C(C(C)C)n1cccc(C)c1=O)C(=O)O. The van der Waals surface area contributed by atoms with E-state index in [1.807, 2.05) is 13.8 Å². The molecule has 2 N–H and O–H groups in total. The van der Waals surface area contributed by atoms with Gasteiger partial charge in [0.25, 0.3) is 5.56 Å². The molecule has 116 valence electrons. The van der Waals surface area contributed by atoms with Gasteiger partial charge in [0.05, 0.1) is 0 Å². The van der Waals surface area contributed by atoms with E-state index in [0.29, 0.717) is 5.56 Å². The van der Waals surface area contributed by atoms with E-state index in [9.17, 15) is 14.4 Å². The van der Waals surface area contributed by atoms with Crippen LogP contribution in [0.3, 0.4) is 0 Å². The average Bonchev–Trinajstić information content (AvgIpc) is 2.40. The predicted molar refractivity (Wildman–Crippen MR) is 79.2 cm³/mol. The summed E-state index contributed by atoms with van der Waals surface area (Å²) in [5.41, 5.74) is 0.302. The first-order chi connectivity index (χ1) is 9.79. The summed E-state index contributed by atoms with van der Waals surface area (Å²) in [6.07, 6.45) is 1.84. The number of carboxylic acid groups (broad SMARTS) is 1. The number of hydrogen-bond donors (Lipinski definition) is 2. The fourth-order valence-corrected chi connectivity index (χ4v) is 2.19. The number of aromatic nitrogens is 1. The predicted octanol–water partition coefficient (Wildman–Crippen LogP) is 1.33. The number of carboxylic acids is 1.